The number of fused-ring (bicyclic) bond motifs is 1. The molecule has 5 heteroatoms. The van der Waals surface area contributed by atoms with Crippen LogP contribution in [0.1, 0.15) is 35.6 Å². The van der Waals surface area contributed by atoms with E-state index in [1.54, 1.807) is 6.20 Å². The van der Waals surface area contributed by atoms with Gasteiger partial charge in [-0.05, 0) is 38.7 Å². The van der Waals surface area contributed by atoms with Crippen molar-refractivity contribution in [3.05, 3.63) is 35.0 Å². The van der Waals surface area contributed by atoms with E-state index < -0.39 is 0 Å². The number of aromatic nitrogens is 4. The SMILES string of the molecule is Cc1nc2c(c(NCCc3ccn[nH]3)n1)CCCC2. The zero-order valence-electron chi connectivity index (χ0n) is 11.2. The first kappa shape index (κ1) is 12.1. The Morgan fingerprint density at radius 1 is 1.26 bits per heavy atom. The standard InChI is InChI=1S/C14H19N5/c1-10-17-13-5-3-2-4-12(13)14(18-10)15-8-6-11-7-9-16-19-11/h7,9H,2-6,8H2,1H3,(H,16,19)(H,15,17,18). The summed E-state index contributed by atoms with van der Waals surface area (Å²) in [6, 6.07) is 2.00. The first-order chi connectivity index (χ1) is 9.33. The predicted octanol–water partition coefficient (Wildman–Crippen LogP) is 2.04. The Morgan fingerprint density at radius 2 is 2.16 bits per heavy atom. The maximum Gasteiger partial charge on any atom is 0.133 e. The Bertz CT molecular complexity index is 547. The van der Waals surface area contributed by atoms with E-state index in [-0.39, 0.29) is 0 Å². The topological polar surface area (TPSA) is 66.5 Å². The van der Waals surface area contributed by atoms with Crippen LogP contribution >= 0.6 is 0 Å². The van der Waals surface area contributed by atoms with Crippen LogP contribution in [0.3, 0.4) is 0 Å². The van der Waals surface area contributed by atoms with Crippen LogP contribution in [0.5, 0.6) is 0 Å². The highest BCUT2D eigenvalue weighted by molar-refractivity contribution is 5.47. The minimum absolute atomic E-state index is 0.865. The van der Waals surface area contributed by atoms with E-state index in [2.05, 4.69) is 25.5 Å². The largest absolute Gasteiger partial charge is 0.369 e. The summed E-state index contributed by atoms with van der Waals surface area (Å²) in [5.74, 6) is 1.89. The molecule has 2 aromatic rings. The molecule has 0 unspecified atom stereocenters. The van der Waals surface area contributed by atoms with Crippen LogP contribution in [0.25, 0.3) is 0 Å². The quantitative estimate of drug-likeness (QED) is 0.879. The van der Waals surface area contributed by atoms with Crippen molar-refractivity contribution in [1.82, 2.24) is 20.2 Å². The van der Waals surface area contributed by atoms with Crippen molar-refractivity contribution in [3.8, 4) is 0 Å². The average molecular weight is 257 g/mol. The first-order valence-corrected chi connectivity index (χ1v) is 6.91. The van der Waals surface area contributed by atoms with Crippen molar-refractivity contribution in [3.63, 3.8) is 0 Å². The number of aryl methyl sites for hydroxylation is 2. The van der Waals surface area contributed by atoms with Gasteiger partial charge in [0.15, 0.2) is 0 Å². The highest BCUT2D eigenvalue weighted by Gasteiger charge is 2.16. The molecule has 19 heavy (non-hydrogen) atoms. The van der Waals surface area contributed by atoms with Crippen molar-refractivity contribution < 1.29 is 0 Å². The van der Waals surface area contributed by atoms with Crippen molar-refractivity contribution in [2.45, 2.75) is 39.0 Å². The van der Waals surface area contributed by atoms with Gasteiger partial charge in [-0.25, -0.2) is 9.97 Å². The lowest BCUT2D eigenvalue weighted by Gasteiger charge is -2.19. The number of nitrogens with one attached hydrogen (secondary N) is 2. The molecular weight excluding hydrogens is 238 g/mol. The van der Waals surface area contributed by atoms with Gasteiger partial charge >= 0.3 is 0 Å². The molecule has 100 valence electrons. The zero-order chi connectivity index (χ0) is 13.1. The number of anilines is 1. The second-order valence-electron chi connectivity index (χ2n) is 5.01. The molecular formula is C14H19N5. The number of hydrogen-bond donors (Lipinski definition) is 2. The monoisotopic (exact) mass is 257 g/mol. The molecule has 2 aromatic heterocycles. The Morgan fingerprint density at radius 3 is 3.00 bits per heavy atom. The van der Waals surface area contributed by atoms with Gasteiger partial charge in [-0.2, -0.15) is 5.10 Å². The summed E-state index contributed by atoms with van der Waals surface area (Å²) < 4.78 is 0. The molecule has 0 saturated heterocycles. The fourth-order valence-corrected chi connectivity index (χ4v) is 2.60. The van der Waals surface area contributed by atoms with E-state index in [4.69, 9.17) is 0 Å². The molecule has 3 rings (SSSR count). The third kappa shape index (κ3) is 2.75. The lowest BCUT2D eigenvalue weighted by atomic mass is 9.96. The van der Waals surface area contributed by atoms with E-state index in [1.165, 1.54) is 24.1 Å². The van der Waals surface area contributed by atoms with Crippen molar-refractivity contribution in [1.29, 1.82) is 0 Å². The summed E-state index contributed by atoms with van der Waals surface area (Å²) in [5.41, 5.74) is 3.70. The number of nitrogens with zero attached hydrogens (tertiary/aromatic N) is 3. The van der Waals surface area contributed by atoms with Gasteiger partial charge in [0.2, 0.25) is 0 Å². The van der Waals surface area contributed by atoms with Crippen LogP contribution in [-0.4, -0.2) is 26.7 Å². The van der Waals surface area contributed by atoms with Gasteiger partial charge in [-0.1, -0.05) is 0 Å². The Kier molecular flexibility index (Phi) is 3.44. The minimum Gasteiger partial charge on any atom is -0.369 e. The molecule has 0 fully saturated rings. The zero-order valence-corrected chi connectivity index (χ0v) is 11.2. The molecule has 1 aliphatic rings. The van der Waals surface area contributed by atoms with Crippen LogP contribution in [0.2, 0.25) is 0 Å². The summed E-state index contributed by atoms with van der Waals surface area (Å²) >= 11 is 0. The molecule has 0 atom stereocenters. The van der Waals surface area contributed by atoms with Gasteiger partial charge in [0.1, 0.15) is 11.6 Å². The lowest BCUT2D eigenvalue weighted by Crippen LogP contribution is -2.15. The van der Waals surface area contributed by atoms with E-state index in [0.717, 1.165) is 43.1 Å². The van der Waals surface area contributed by atoms with Gasteiger partial charge in [-0.3, -0.25) is 5.10 Å². The van der Waals surface area contributed by atoms with Crippen LogP contribution < -0.4 is 5.32 Å². The average Bonchev–Trinajstić information content (AvgIpc) is 2.91. The van der Waals surface area contributed by atoms with Crippen LogP contribution in [0.4, 0.5) is 5.82 Å². The molecule has 0 spiro atoms. The van der Waals surface area contributed by atoms with Crippen LogP contribution in [-0.2, 0) is 19.3 Å². The molecule has 0 aromatic carbocycles. The van der Waals surface area contributed by atoms with Gasteiger partial charge < -0.3 is 5.32 Å². The second-order valence-corrected chi connectivity index (χ2v) is 5.01. The summed E-state index contributed by atoms with van der Waals surface area (Å²) in [7, 11) is 0. The second kappa shape index (κ2) is 5.38. The lowest BCUT2D eigenvalue weighted by molar-refractivity contribution is 0.659. The van der Waals surface area contributed by atoms with Gasteiger partial charge in [0.25, 0.3) is 0 Å². The Hall–Kier alpha value is -1.91. The molecule has 0 saturated carbocycles. The molecule has 2 heterocycles. The maximum absolute atomic E-state index is 4.57. The number of hydrogen-bond acceptors (Lipinski definition) is 4. The number of rotatable bonds is 4. The number of H-pyrrole nitrogens is 1. The van der Waals surface area contributed by atoms with E-state index in [1.807, 2.05) is 13.0 Å². The van der Waals surface area contributed by atoms with Crippen LogP contribution in [0.15, 0.2) is 12.3 Å². The van der Waals surface area contributed by atoms with Crippen molar-refractivity contribution >= 4 is 5.82 Å². The van der Waals surface area contributed by atoms with E-state index in [9.17, 15) is 0 Å². The molecule has 0 radical (unpaired) electrons. The molecule has 0 bridgehead atoms. The highest BCUT2D eigenvalue weighted by atomic mass is 15.1. The summed E-state index contributed by atoms with van der Waals surface area (Å²) in [4.78, 5) is 9.12. The molecule has 2 N–H and O–H groups in total. The fraction of sp³-hybridized carbons (Fsp3) is 0.500. The fourth-order valence-electron chi connectivity index (χ4n) is 2.60. The van der Waals surface area contributed by atoms with E-state index >= 15 is 0 Å². The molecule has 0 aliphatic heterocycles. The first-order valence-electron chi connectivity index (χ1n) is 6.91. The van der Waals surface area contributed by atoms with Gasteiger partial charge in [0.05, 0.1) is 0 Å². The van der Waals surface area contributed by atoms with Crippen molar-refractivity contribution in [2.24, 2.45) is 0 Å². The minimum atomic E-state index is 0.865. The Balaban J connectivity index is 1.71. The van der Waals surface area contributed by atoms with Crippen LogP contribution in [0, 0.1) is 6.92 Å². The van der Waals surface area contributed by atoms with Crippen molar-refractivity contribution in [2.75, 3.05) is 11.9 Å². The van der Waals surface area contributed by atoms with E-state index in [0.29, 0.717) is 0 Å². The predicted molar refractivity (Wildman–Crippen MR) is 74.2 cm³/mol. The normalized spacial score (nSPS) is 14.2. The Labute approximate surface area is 112 Å². The summed E-state index contributed by atoms with van der Waals surface area (Å²) in [6.07, 6.45) is 7.39. The summed E-state index contributed by atoms with van der Waals surface area (Å²) in [6.45, 7) is 2.83. The summed E-state index contributed by atoms with van der Waals surface area (Å²) in [5, 5.41) is 10.4. The smallest absolute Gasteiger partial charge is 0.133 e. The third-order valence-corrected chi connectivity index (χ3v) is 3.54. The molecule has 1 aliphatic carbocycles. The molecule has 5 nitrogen and oxygen atoms in total. The highest BCUT2D eigenvalue weighted by Crippen LogP contribution is 2.25. The molecule has 0 amide bonds. The number of aromatic amines is 1. The van der Waals surface area contributed by atoms with Gasteiger partial charge in [0, 0.05) is 36.1 Å². The van der Waals surface area contributed by atoms with Gasteiger partial charge in [-0.15, -0.1) is 0 Å². The third-order valence-electron chi connectivity index (χ3n) is 3.54. The maximum atomic E-state index is 4.57.